The van der Waals surface area contributed by atoms with Crippen LogP contribution in [0.2, 0.25) is 0 Å². The first-order valence-corrected chi connectivity index (χ1v) is 5.06. The number of alkyl halides is 1. The summed E-state index contributed by atoms with van der Waals surface area (Å²) in [6.07, 6.45) is -3.76. The number of methoxy groups -OCH3 is 4. The first-order valence-electron chi connectivity index (χ1n) is 5.06. The molecule has 0 aromatic heterocycles. The molecule has 0 N–H and O–H groups in total. The molecule has 1 rings (SSSR count). The summed E-state index contributed by atoms with van der Waals surface area (Å²) in [6, 6.07) is 0. The zero-order valence-electron chi connectivity index (χ0n) is 10.0. The highest BCUT2D eigenvalue weighted by atomic mass is 19.1. The molecule has 1 aliphatic rings. The maximum atomic E-state index is 13.6. The van der Waals surface area contributed by atoms with Gasteiger partial charge in [0.1, 0.15) is 24.4 Å². The Labute approximate surface area is 94.8 Å². The van der Waals surface area contributed by atoms with E-state index in [1.54, 1.807) is 0 Å². The van der Waals surface area contributed by atoms with E-state index in [9.17, 15) is 4.39 Å². The highest BCUT2D eigenvalue weighted by molar-refractivity contribution is 4.91. The summed E-state index contributed by atoms with van der Waals surface area (Å²) >= 11 is 0. The van der Waals surface area contributed by atoms with Crippen molar-refractivity contribution in [3.05, 3.63) is 0 Å². The molecule has 5 nitrogen and oxygen atoms in total. The van der Waals surface area contributed by atoms with Crippen molar-refractivity contribution in [1.82, 2.24) is 0 Å². The van der Waals surface area contributed by atoms with Crippen LogP contribution in [0.3, 0.4) is 0 Å². The SMILES string of the molecule is COC[C@H]1O[C@H](F)[C@@H](OC)[C@@H](OC)[C@@H]1OC. The zero-order valence-corrected chi connectivity index (χ0v) is 10.0. The Morgan fingerprint density at radius 3 is 1.94 bits per heavy atom. The van der Waals surface area contributed by atoms with Crippen LogP contribution in [-0.2, 0) is 23.7 Å². The van der Waals surface area contributed by atoms with Crippen molar-refractivity contribution in [1.29, 1.82) is 0 Å². The lowest BCUT2D eigenvalue weighted by Gasteiger charge is -2.41. The molecule has 1 saturated heterocycles. The van der Waals surface area contributed by atoms with Crippen LogP contribution in [0.25, 0.3) is 0 Å². The van der Waals surface area contributed by atoms with Crippen LogP contribution in [0.4, 0.5) is 4.39 Å². The standard InChI is InChI=1S/C10H19FO5/c1-12-5-6-7(13-2)8(14-3)9(15-4)10(11)16-6/h6-10H,5H2,1-4H3/t6-,7-,8+,9+,10+/m1/s1. The van der Waals surface area contributed by atoms with Crippen LogP contribution in [0.5, 0.6) is 0 Å². The van der Waals surface area contributed by atoms with E-state index in [0.717, 1.165) is 0 Å². The second kappa shape index (κ2) is 6.46. The minimum absolute atomic E-state index is 0.245. The third-order valence-electron chi connectivity index (χ3n) is 2.72. The van der Waals surface area contributed by atoms with Crippen LogP contribution in [0.15, 0.2) is 0 Å². The van der Waals surface area contributed by atoms with Gasteiger partial charge in [-0.15, -0.1) is 0 Å². The molecule has 0 aromatic rings. The second-order valence-corrected chi connectivity index (χ2v) is 3.58. The number of hydrogen-bond donors (Lipinski definition) is 0. The van der Waals surface area contributed by atoms with Gasteiger partial charge in [-0.3, -0.25) is 0 Å². The molecule has 1 heterocycles. The molecular weight excluding hydrogens is 219 g/mol. The van der Waals surface area contributed by atoms with E-state index < -0.39 is 30.8 Å². The Hall–Kier alpha value is -0.270. The van der Waals surface area contributed by atoms with E-state index in [1.165, 1.54) is 28.4 Å². The summed E-state index contributed by atoms with van der Waals surface area (Å²) in [5, 5.41) is 0. The van der Waals surface area contributed by atoms with E-state index in [2.05, 4.69) is 0 Å². The maximum absolute atomic E-state index is 13.6. The number of hydrogen-bond acceptors (Lipinski definition) is 5. The van der Waals surface area contributed by atoms with Gasteiger partial charge in [0.25, 0.3) is 0 Å². The number of rotatable bonds is 5. The summed E-state index contributed by atoms with van der Waals surface area (Å²) in [5.41, 5.74) is 0. The number of ether oxygens (including phenoxy) is 5. The fourth-order valence-corrected chi connectivity index (χ4v) is 1.96. The van der Waals surface area contributed by atoms with Crippen LogP contribution in [0.1, 0.15) is 0 Å². The third kappa shape index (κ3) is 2.70. The van der Waals surface area contributed by atoms with Crippen LogP contribution in [0, 0.1) is 0 Å². The predicted octanol–water partition coefficient (Wildman–Crippen LogP) is 0.372. The summed E-state index contributed by atoms with van der Waals surface area (Å²) in [4.78, 5) is 0. The molecule has 0 radical (unpaired) electrons. The van der Waals surface area contributed by atoms with Gasteiger partial charge < -0.3 is 23.7 Å². The smallest absolute Gasteiger partial charge is 0.228 e. The van der Waals surface area contributed by atoms with Crippen molar-refractivity contribution in [3.8, 4) is 0 Å². The molecule has 0 amide bonds. The average molecular weight is 238 g/mol. The summed E-state index contributed by atoms with van der Waals surface area (Å²) in [5.74, 6) is 0. The lowest BCUT2D eigenvalue weighted by atomic mass is 9.99. The first-order chi connectivity index (χ1) is 7.69. The largest absolute Gasteiger partial charge is 0.382 e. The average Bonchev–Trinajstić information content (AvgIpc) is 2.28. The Balaban J connectivity index is 2.78. The first kappa shape index (κ1) is 13.8. The molecule has 1 fully saturated rings. The molecule has 6 heteroatoms. The number of halogens is 1. The quantitative estimate of drug-likeness (QED) is 0.692. The molecule has 0 bridgehead atoms. The van der Waals surface area contributed by atoms with Crippen LogP contribution in [-0.4, -0.2) is 65.8 Å². The highest BCUT2D eigenvalue weighted by Gasteiger charge is 2.47. The van der Waals surface area contributed by atoms with E-state index in [1.807, 2.05) is 0 Å². The molecule has 0 saturated carbocycles. The minimum atomic E-state index is -1.54. The topological polar surface area (TPSA) is 46.2 Å². The second-order valence-electron chi connectivity index (χ2n) is 3.58. The van der Waals surface area contributed by atoms with E-state index in [0.29, 0.717) is 0 Å². The molecule has 96 valence electrons. The lowest BCUT2D eigenvalue weighted by molar-refractivity contribution is -0.279. The summed E-state index contributed by atoms with van der Waals surface area (Å²) in [6.45, 7) is 0.245. The summed E-state index contributed by atoms with van der Waals surface area (Å²) < 4.78 is 39.2. The molecule has 5 atom stereocenters. The highest BCUT2D eigenvalue weighted by Crippen LogP contribution is 2.27. The van der Waals surface area contributed by atoms with Gasteiger partial charge in [0.2, 0.25) is 6.36 Å². The molecule has 0 spiro atoms. The monoisotopic (exact) mass is 238 g/mol. The van der Waals surface area contributed by atoms with E-state index in [4.69, 9.17) is 23.7 Å². The van der Waals surface area contributed by atoms with Crippen molar-refractivity contribution in [2.24, 2.45) is 0 Å². The van der Waals surface area contributed by atoms with Gasteiger partial charge in [0, 0.05) is 28.4 Å². The molecule has 0 aliphatic carbocycles. The Kier molecular flexibility index (Phi) is 5.57. The minimum Gasteiger partial charge on any atom is -0.382 e. The fraction of sp³-hybridized carbons (Fsp3) is 1.00. The predicted molar refractivity (Wildman–Crippen MR) is 54.0 cm³/mol. The summed E-state index contributed by atoms with van der Waals surface area (Å²) in [7, 11) is 5.95. The molecule has 0 aromatic carbocycles. The molecule has 16 heavy (non-hydrogen) atoms. The van der Waals surface area contributed by atoms with Crippen molar-refractivity contribution >= 4 is 0 Å². The Morgan fingerprint density at radius 2 is 1.50 bits per heavy atom. The normalized spacial score (nSPS) is 39.9. The lowest BCUT2D eigenvalue weighted by Crippen LogP contribution is -2.59. The van der Waals surface area contributed by atoms with Crippen molar-refractivity contribution in [2.75, 3.05) is 35.0 Å². The van der Waals surface area contributed by atoms with E-state index in [-0.39, 0.29) is 6.61 Å². The van der Waals surface area contributed by atoms with Gasteiger partial charge in [-0.25, -0.2) is 4.39 Å². The molecular formula is C10H19FO5. The Bertz CT molecular complexity index is 204. The van der Waals surface area contributed by atoms with Gasteiger partial charge in [-0.2, -0.15) is 0 Å². The van der Waals surface area contributed by atoms with E-state index >= 15 is 0 Å². The van der Waals surface area contributed by atoms with Crippen molar-refractivity contribution in [2.45, 2.75) is 30.8 Å². The van der Waals surface area contributed by atoms with Gasteiger partial charge in [-0.1, -0.05) is 0 Å². The molecule has 0 unspecified atom stereocenters. The van der Waals surface area contributed by atoms with Crippen molar-refractivity contribution < 1.29 is 28.1 Å². The van der Waals surface area contributed by atoms with Gasteiger partial charge in [-0.05, 0) is 0 Å². The van der Waals surface area contributed by atoms with Crippen molar-refractivity contribution in [3.63, 3.8) is 0 Å². The molecule has 1 aliphatic heterocycles. The van der Waals surface area contributed by atoms with Gasteiger partial charge in [0.15, 0.2) is 0 Å². The third-order valence-corrected chi connectivity index (χ3v) is 2.72. The van der Waals surface area contributed by atoms with Crippen LogP contribution >= 0.6 is 0 Å². The maximum Gasteiger partial charge on any atom is 0.228 e. The Morgan fingerprint density at radius 1 is 0.938 bits per heavy atom. The fourth-order valence-electron chi connectivity index (χ4n) is 1.96. The van der Waals surface area contributed by atoms with Gasteiger partial charge >= 0.3 is 0 Å². The van der Waals surface area contributed by atoms with Crippen LogP contribution < -0.4 is 0 Å². The zero-order chi connectivity index (χ0) is 12.1. The van der Waals surface area contributed by atoms with Gasteiger partial charge in [0.05, 0.1) is 6.61 Å².